The molecule has 0 spiro atoms. The summed E-state index contributed by atoms with van der Waals surface area (Å²) in [4.78, 5) is 26.7. The van der Waals surface area contributed by atoms with Crippen molar-refractivity contribution in [1.82, 2.24) is 0 Å². The van der Waals surface area contributed by atoms with E-state index in [0.717, 1.165) is 0 Å². The molecule has 9 nitrogen and oxygen atoms in total. The third-order valence-electron chi connectivity index (χ3n) is 4.16. The van der Waals surface area contributed by atoms with E-state index in [1.807, 2.05) is 0 Å². The SMILES string of the molecule is COc1cc(OC)c(OC)cc1/C=C1N=C(/C=C/c2cccc([N+](=O)[O-])c2)OC/1=O. The molecule has 1 heterocycles. The molecule has 0 amide bonds. The fourth-order valence-electron chi connectivity index (χ4n) is 2.72. The zero-order valence-corrected chi connectivity index (χ0v) is 16.4. The number of rotatable bonds is 7. The summed E-state index contributed by atoms with van der Waals surface area (Å²) < 4.78 is 21.0. The maximum Gasteiger partial charge on any atom is 0.363 e. The van der Waals surface area contributed by atoms with Gasteiger partial charge in [0, 0.05) is 29.8 Å². The number of hydrogen-bond acceptors (Lipinski definition) is 8. The minimum absolute atomic E-state index is 0.0383. The molecule has 1 aliphatic rings. The number of aliphatic imine (C=N–C) groups is 1. The quantitative estimate of drug-likeness (QED) is 0.297. The van der Waals surface area contributed by atoms with E-state index in [0.29, 0.717) is 28.4 Å². The Morgan fingerprint density at radius 3 is 2.37 bits per heavy atom. The lowest BCUT2D eigenvalue weighted by atomic mass is 10.1. The maximum atomic E-state index is 12.2. The molecule has 0 bridgehead atoms. The molecule has 0 fully saturated rings. The second kappa shape index (κ2) is 8.91. The van der Waals surface area contributed by atoms with Gasteiger partial charge in [0.1, 0.15) is 5.75 Å². The van der Waals surface area contributed by atoms with Gasteiger partial charge in [-0.1, -0.05) is 12.1 Å². The van der Waals surface area contributed by atoms with Crippen LogP contribution in [0.25, 0.3) is 12.2 Å². The lowest BCUT2D eigenvalue weighted by Gasteiger charge is -2.12. The summed E-state index contributed by atoms with van der Waals surface area (Å²) in [6.07, 6.45) is 4.54. The van der Waals surface area contributed by atoms with Crippen LogP contribution in [0.15, 0.2) is 53.2 Å². The molecule has 9 heteroatoms. The maximum absolute atomic E-state index is 12.2. The van der Waals surface area contributed by atoms with Crippen molar-refractivity contribution in [2.24, 2.45) is 4.99 Å². The smallest absolute Gasteiger partial charge is 0.363 e. The normalized spacial score (nSPS) is 14.6. The Morgan fingerprint density at radius 2 is 1.70 bits per heavy atom. The van der Waals surface area contributed by atoms with E-state index in [9.17, 15) is 14.9 Å². The van der Waals surface area contributed by atoms with Crippen LogP contribution in [0, 0.1) is 10.1 Å². The molecule has 1 aliphatic heterocycles. The number of nitro groups is 1. The monoisotopic (exact) mass is 410 g/mol. The van der Waals surface area contributed by atoms with E-state index < -0.39 is 10.9 Å². The summed E-state index contributed by atoms with van der Waals surface area (Å²) in [6, 6.07) is 9.34. The van der Waals surface area contributed by atoms with Crippen LogP contribution < -0.4 is 14.2 Å². The van der Waals surface area contributed by atoms with Gasteiger partial charge in [-0.05, 0) is 23.8 Å². The molecule has 0 unspecified atom stereocenters. The first kappa shape index (κ1) is 20.6. The molecular weight excluding hydrogens is 392 g/mol. The van der Waals surface area contributed by atoms with Crippen LogP contribution in [0.5, 0.6) is 17.2 Å². The Kier molecular flexibility index (Phi) is 6.11. The van der Waals surface area contributed by atoms with Gasteiger partial charge < -0.3 is 18.9 Å². The van der Waals surface area contributed by atoms with Gasteiger partial charge in [0.2, 0.25) is 5.90 Å². The highest BCUT2D eigenvalue weighted by molar-refractivity contribution is 6.11. The molecule has 3 rings (SSSR count). The third-order valence-corrected chi connectivity index (χ3v) is 4.16. The number of ether oxygens (including phenoxy) is 4. The molecule has 154 valence electrons. The highest BCUT2D eigenvalue weighted by Crippen LogP contribution is 2.36. The summed E-state index contributed by atoms with van der Waals surface area (Å²) in [5.74, 6) is 0.840. The second-order valence-electron chi connectivity index (χ2n) is 6.00. The van der Waals surface area contributed by atoms with Crippen molar-refractivity contribution >= 4 is 29.7 Å². The van der Waals surface area contributed by atoms with Crippen molar-refractivity contribution in [2.45, 2.75) is 0 Å². The van der Waals surface area contributed by atoms with E-state index in [-0.39, 0.29) is 17.3 Å². The number of esters is 1. The van der Waals surface area contributed by atoms with E-state index in [2.05, 4.69) is 4.99 Å². The molecule has 0 radical (unpaired) electrons. The van der Waals surface area contributed by atoms with Crippen LogP contribution in [0.1, 0.15) is 11.1 Å². The van der Waals surface area contributed by atoms with Gasteiger partial charge in [-0.15, -0.1) is 0 Å². The minimum atomic E-state index is -0.634. The van der Waals surface area contributed by atoms with Gasteiger partial charge in [0.05, 0.1) is 26.3 Å². The summed E-state index contributed by atoms with van der Waals surface area (Å²) in [5, 5.41) is 10.9. The molecule has 2 aromatic rings. The van der Waals surface area contributed by atoms with Gasteiger partial charge >= 0.3 is 5.97 Å². The average molecular weight is 410 g/mol. The zero-order valence-electron chi connectivity index (χ0n) is 16.4. The van der Waals surface area contributed by atoms with Gasteiger partial charge in [-0.2, -0.15) is 0 Å². The van der Waals surface area contributed by atoms with Crippen LogP contribution in [0.4, 0.5) is 5.69 Å². The Bertz CT molecular complexity index is 1090. The van der Waals surface area contributed by atoms with Crippen molar-refractivity contribution in [2.75, 3.05) is 21.3 Å². The molecule has 0 aliphatic carbocycles. The summed E-state index contributed by atoms with van der Waals surface area (Å²) in [5.41, 5.74) is 1.15. The van der Waals surface area contributed by atoms with Crippen molar-refractivity contribution < 1.29 is 28.7 Å². The van der Waals surface area contributed by atoms with Crippen LogP contribution in [-0.2, 0) is 9.53 Å². The first-order valence-corrected chi connectivity index (χ1v) is 8.70. The van der Waals surface area contributed by atoms with Gasteiger partial charge in [-0.25, -0.2) is 9.79 Å². The molecule has 0 aromatic heterocycles. The number of methoxy groups -OCH3 is 3. The number of cyclic esters (lactones) is 1. The molecule has 0 N–H and O–H groups in total. The van der Waals surface area contributed by atoms with E-state index in [1.165, 1.54) is 45.6 Å². The molecule has 30 heavy (non-hydrogen) atoms. The highest BCUT2D eigenvalue weighted by atomic mass is 16.6. The molecule has 0 saturated heterocycles. The van der Waals surface area contributed by atoms with Crippen molar-refractivity contribution in [3.8, 4) is 17.2 Å². The topological polar surface area (TPSA) is 109 Å². The van der Waals surface area contributed by atoms with Crippen LogP contribution in [0.3, 0.4) is 0 Å². The molecule has 2 aromatic carbocycles. The Morgan fingerprint density at radius 1 is 1.00 bits per heavy atom. The number of carbonyl (C=O) groups is 1. The van der Waals surface area contributed by atoms with Crippen molar-refractivity contribution in [3.05, 3.63) is 69.4 Å². The van der Waals surface area contributed by atoms with Gasteiger partial charge in [0.15, 0.2) is 17.2 Å². The summed E-state index contributed by atoms with van der Waals surface area (Å²) in [6.45, 7) is 0. The predicted octanol–water partition coefficient (Wildman–Crippen LogP) is 3.63. The highest BCUT2D eigenvalue weighted by Gasteiger charge is 2.22. The third kappa shape index (κ3) is 4.46. The predicted molar refractivity (Wildman–Crippen MR) is 110 cm³/mol. The van der Waals surface area contributed by atoms with Crippen molar-refractivity contribution in [3.63, 3.8) is 0 Å². The standard InChI is InChI=1S/C21H18N2O7/c1-27-17-12-19(29-3)18(28-2)11-14(17)10-16-21(24)30-20(22-16)8-7-13-5-4-6-15(9-13)23(25)26/h4-12H,1-3H3/b8-7+,16-10+. The number of non-ortho nitro benzene ring substituents is 1. The first-order chi connectivity index (χ1) is 14.4. The van der Waals surface area contributed by atoms with Gasteiger partial charge in [-0.3, -0.25) is 10.1 Å². The van der Waals surface area contributed by atoms with Crippen LogP contribution >= 0.6 is 0 Å². The average Bonchev–Trinajstić information content (AvgIpc) is 3.11. The van der Waals surface area contributed by atoms with Crippen LogP contribution in [-0.4, -0.2) is 38.1 Å². The zero-order chi connectivity index (χ0) is 21.7. The number of benzene rings is 2. The lowest BCUT2D eigenvalue weighted by Crippen LogP contribution is -2.01. The molecule has 0 saturated carbocycles. The number of carbonyl (C=O) groups excluding carboxylic acids is 1. The second-order valence-corrected chi connectivity index (χ2v) is 6.00. The Balaban J connectivity index is 1.89. The fourth-order valence-corrected chi connectivity index (χ4v) is 2.72. The lowest BCUT2D eigenvalue weighted by molar-refractivity contribution is -0.384. The minimum Gasteiger partial charge on any atom is -0.496 e. The Hall–Kier alpha value is -4.14. The fraction of sp³-hybridized carbons (Fsp3) is 0.143. The number of nitro benzene ring substituents is 1. The first-order valence-electron chi connectivity index (χ1n) is 8.70. The summed E-state index contributed by atoms with van der Waals surface area (Å²) >= 11 is 0. The van der Waals surface area contributed by atoms with Crippen molar-refractivity contribution in [1.29, 1.82) is 0 Å². The Labute approximate surface area is 172 Å². The molecule has 0 atom stereocenters. The van der Waals surface area contributed by atoms with Gasteiger partial charge in [0.25, 0.3) is 5.69 Å². The van der Waals surface area contributed by atoms with E-state index in [4.69, 9.17) is 18.9 Å². The molecular formula is C21H18N2O7. The van der Waals surface area contributed by atoms with Crippen LogP contribution in [0.2, 0.25) is 0 Å². The number of nitrogens with zero attached hydrogens (tertiary/aromatic N) is 2. The summed E-state index contributed by atoms with van der Waals surface area (Å²) in [7, 11) is 4.50. The number of hydrogen-bond donors (Lipinski definition) is 0. The van der Waals surface area contributed by atoms with E-state index in [1.54, 1.807) is 30.3 Å². The van der Waals surface area contributed by atoms with E-state index >= 15 is 0 Å². The largest absolute Gasteiger partial charge is 0.496 e.